The van der Waals surface area contributed by atoms with Crippen molar-refractivity contribution < 1.29 is 13.2 Å². The molecule has 0 spiro atoms. The highest BCUT2D eigenvalue weighted by molar-refractivity contribution is 7.91. The predicted octanol–water partition coefficient (Wildman–Crippen LogP) is 2.54. The first kappa shape index (κ1) is 14.8. The lowest BCUT2D eigenvalue weighted by Crippen LogP contribution is -2.48. The molecule has 5 nitrogen and oxygen atoms in total. The molecule has 0 radical (unpaired) electrons. The fraction of sp³-hybridized carbons (Fsp3) is 0.312. The third kappa shape index (κ3) is 3.06. The Balaban J connectivity index is 1.77. The first-order valence-electron chi connectivity index (χ1n) is 7.14. The fourth-order valence-electron chi connectivity index (χ4n) is 2.87. The molecule has 1 saturated heterocycles. The van der Waals surface area contributed by atoms with Crippen LogP contribution in [0, 0.1) is 0 Å². The van der Waals surface area contributed by atoms with E-state index in [1.807, 2.05) is 42.5 Å². The van der Waals surface area contributed by atoms with Crippen LogP contribution in [0.4, 0.5) is 10.5 Å². The van der Waals surface area contributed by atoms with Crippen LogP contribution < -0.4 is 10.6 Å². The van der Waals surface area contributed by atoms with Gasteiger partial charge in [0, 0.05) is 5.39 Å². The summed E-state index contributed by atoms with van der Waals surface area (Å²) in [6.07, 6.45) is 0.443. The quantitative estimate of drug-likeness (QED) is 0.893. The van der Waals surface area contributed by atoms with E-state index in [-0.39, 0.29) is 17.5 Å². The van der Waals surface area contributed by atoms with E-state index in [9.17, 15) is 13.2 Å². The summed E-state index contributed by atoms with van der Waals surface area (Å²) in [5.74, 6) is 0.112. The Bertz CT molecular complexity index is 827. The summed E-state index contributed by atoms with van der Waals surface area (Å²) in [6, 6.07) is 13.1. The second kappa shape index (κ2) is 5.28. The number of carbonyl (C=O) groups is 1. The molecular formula is C16H18N2O3S. The van der Waals surface area contributed by atoms with Crippen LogP contribution in [-0.4, -0.2) is 31.5 Å². The van der Waals surface area contributed by atoms with Gasteiger partial charge in [0.1, 0.15) is 0 Å². The van der Waals surface area contributed by atoms with Gasteiger partial charge in [-0.3, -0.25) is 0 Å². The molecule has 1 aliphatic rings. The van der Waals surface area contributed by atoms with Gasteiger partial charge in [-0.25, -0.2) is 13.2 Å². The van der Waals surface area contributed by atoms with Gasteiger partial charge in [-0.2, -0.15) is 0 Å². The van der Waals surface area contributed by atoms with Gasteiger partial charge < -0.3 is 10.6 Å². The number of anilines is 1. The maximum absolute atomic E-state index is 12.2. The van der Waals surface area contributed by atoms with Crippen molar-refractivity contribution in [2.75, 3.05) is 16.8 Å². The van der Waals surface area contributed by atoms with E-state index in [1.165, 1.54) is 0 Å². The molecular weight excluding hydrogens is 300 g/mol. The van der Waals surface area contributed by atoms with Gasteiger partial charge in [-0.05, 0) is 24.8 Å². The van der Waals surface area contributed by atoms with Crippen molar-refractivity contribution in [2.24, 2.45) is 0 Å². The molecule has 1 atom stereocenters. The van der Waals surface area contributed by atoms with Gasteiger partial charge in [-0.15, -0.1) is 0 Å². The lowest BCUT2D eigenvalue weighted by molar-refractivity contribution is 0.242. The second-order valence-electron chi connectivity index (χ2n) is 6.01. The zero-order valence-electron chi connectivity index (χ0n) is 12.3. The molecule has 116 valence electrons. The van der Waals surface area contributed by atoms with Crippen LogP contribution in [0.5, 0.6) is 0 Å². The zero-order chi connectivity index (χ0) is 15.8. The number of hydrogen-bond donors (Lipinski definition) is 2. The normalized spacial score (nSPS) is 23.3. The number of hydrogen-bond acceptors (Lipinski definition) is 3. The molecule has 0 saturated carbocycles. The number of rotatable bonds is 2. The summed E-state index contributed by atoms with van der Waals surface area (Å²) in [5, 5.41) is 7.60. The molecule has 2 N–H and O–H groups in total. The Hall–Kier alpha value is -2.08. The van der Waals surface area contributed by atoms with Crippen molar-refractivity contribution >= 4 is 32.3 Å². The number of nitrogens with one attached hydrogen (secondary N) is 2. The van der Waals surface area contributed by atoms with Crippen molar-refractivity contribution in [3.8, 4) is 0 Å². The predicted molar refractivity (Wildman–Crippen MR) is 87.8 cm³/mol. The van der Waals surface area contributed by atoms with Crippen LogP contribution in [0.15, 0.2) is 42.5 Å². The average Bonchev–Trinajstić information content (AvgIpc) is 2.72. The van der Waals surface area contributed by atoms with Crippen molar-refractivity contribution in [3.05, 3.63) is 42.5 Å². The largest absolute Gasteiger partial charge is 0.332 e. The van der Waals surface area contributed by atoms with Crippen molar-refractivity contribution in [1.29, 1.82) is 0 Å². The Morgan fingerprint density at radius 2 is 1.86 bits per heavy atom. The minimum absolute atomic E-state index is 0.0110. The Morgan fingerprint density at radius 3 is 2.59 bits per heavy atom. The van der Waals surface area contributed by atoms with Crippen LogP contribution in [0.2, 0.25) is 0 Å². The fourth-order valence-corrected chi connectivity index (χ4v) is 4.96. The van der Waals surface area contributed by atoms with Crippen molar-refractivity contribution in [3.63, 3.8) is 0 Å². The highest BCUT2D eigenvalue weighted by Crippen LogP contribution is 2.25. The summed E-state index contributed by atoms with van der Waals surface area (Å²) in [5.41, 5.74) is 0.00749. The van der Waals surface area contributed by atoms with E-state index in [2.05, 4.69) is 10.6 Å². The standard InChI is InChI=1S/C16H18N2O3S/c1-16(9-10-22(20,21)11-16)18-15(19)17-14-8-4-6-12-5-2-3-7-13(12)14/h2-8H,9-11H2,1H3,(H2,17,18,19)/t16-/m0/s1. The Morgan fingerprint density at radius 1 is 1.14 bits per heavy atom. The molecule has 1 heterocycles. The number of fused-ring (bicyclic) bond motifs is 1. The third-order valence-corrected chi connectivity index (χ3v) is 5.86. The second-order valence-corrected chi connectivity index (χ2v) is 8.19. The van der Waals surface area contributed by atoms with Gasteiger partial charge in [0.15, 0.2) is 9.84 Å². The van der Waals surface area contributed by atoms with Crippen LogP contribution in [0.1, 0.15) is 13.3 Å². The highest BCUT2D eigenvalue weighted by Gasteiger charge is 2.39. The Kier molecular flexibility index (Phi) is 3.56. The van der Waals surface area contributed by atoms with Gasteiger partial charge >= 0.3 is 6.03 Å². The van der Waals surface area contributed by atoms with Gasteiger partial charge in [0.25, 0.3) is 0 Å². The maximum atomic E-state index is 12.2. The molecule has 1 aliphatic heterocycles. The van der Waals surface area contributed by atoms with Crippen LogP contribution in [0.25, 0.3) is 10.8 Å². The number of amides is 2. The zero-order valence-corrected chi connectivity index (χ0v) is 13.1. The lowest BCUT2D eigenvalue weighted by Gasteiger charge is -2.24. The van der Waals surface area contributed by atoms with Crippen LogP contribution in [-0.2, 0) is 9.84 Å². The topological polar surface area (TPSA) is 75.3 Å². The number of benzene rings is 2. The SMILES string of the molecule is C[C@]1(NC(=O)Nc2cccc3ccccc23)CCS(=O)(=O)C1. The summed E-state index contributed by atoms with van der Waals surface area (Å²) in [4.78, 5) is 12.2. The highest BCUT2D eigenvalue weighted by atomic mass is 32.2. The van der Waals surface area contributed by atoms with Crippen LogP contribution >= 0.6 is 0 Å². The first-order valence-corrected chi connectivity index (χ1v) is 8.96. The summed E-state index contributed by atoms with van der Waals surface area (Å²) < 4.78 is 23.2. The smallest absolute Gasteiger partial charge is 0.319 e. The average molecular weight is 318 g/mol. The van der Waals surface area contributed by atoms with Gasteiger partial charge in [-0.1, -0.05) is 36.4 Å². The van der Waals surface area contributed by atoms with E-state index in [0.717, 1.165) is 10.8 Å². The molecule has 2 aromatic carbocycles. The molecule has 0 aliphatic carbocycles. The molecule has 0 aromatic heterocycles. The minimum atomic E-state index is -3.05. The summed E-state index contributed by atoms with van der Waals surface area (Å²) in [7, 11) is -3.05. The molecule has 3 rings (SSSR count). The lowest BCUT2D eigenvalue weighted by atomic mass is 10.0. The van der Waals surface area contributed by atoms with E-state index < -0.39 is 15.4 Å². The van der Waals surface area contributed by atoms with Crippen molar-refractivity contribution in [1.82, 2.24) is 5.32 Å². The molecule has 6 heteroatoms. The van der Waals surface area contributed by atoms with Gasteiger partial charge in [0.2, 0.25) is 0 Å². The minimum Gasteiger partial charge on any atom is -0.332 e. The molecule has 0 bridgehead atoms. The molecule has 1 fully saturated rings. The summed E-state index contributed by atoms with van der Waals surface area (Å²) in [6.45, 7) is 1.76. The number of urea groups is 1. The number of sulfone groups is 1. The van der Waals surface area contributed by atoms with E-state index in [1.54, 1.807) is 6.92 Å². The van der Waals surface area contributed by atoms with Crippen molar-refractivity contribution in [2.45, 2.75) is 18.9 Å². The third-order valence-electron chi connectivity index (χ3n) is 3.96. The van der Waals surface area contributed by atoms with E-state index >= 15 is 0 Å². The first-order chi connectivity index (χ1) is 10.4. The maximum Gasteiger partial charge on any atom is 0.319 e. The molecule has 22 heavy (non-hydrogen) atoms. The summed E-state index contributed by atoms with van der Waals surface area (Å²) >= 11 is 0. The number of carbonyl (C=O) groups excluding carboxylic acids is 1. The van der Waals surface area contributed by atoms with E-state index in [4.69, 9.17) is 0 Å². The van der Waals surface area contributed by atoms with E-state index in [0.29, 0.717) is 12.1 Å². The molecule has 0 unspecified atom stereocenters. The monoisotopic (exact) mass is 318 g/mol. The molecule has 2 aromatic rings. The van der Waals surface area contributed by atoms with Gasteiger partial charge in [0.05, 0.1) is 22.7 Å². The Labute approximate surface area is 129 Å². The van der Waals surface area contributed by atoms with Crippen LogP contribution in [0.3, 0.4) is 0 Å². The molecule has 2 amide bonds.